The molecule has 0 radical (unpaired) electrons. The molecule has 32 heavy (non-hydrogen) atoms. The highest BCUT2D eigenvalue weighted by atomic mass is 35.5. The Kier molecular flexibility index (Phi) is 7.79. The van der Waals surface area contributed by atoms with Gasteiger partial charge in [-0.15, -0.1) is 0 Å². The summed E-state index contributed by atoms with van der Waals surface area (Å²) in [5, 5.41) is 3.38. The minimum Gasteiger partial charge on any atom is -0.356 e. The van der Waals surface area contributed by atoms with Crippen molar-refractivity contribution in [2.45, 2.75) is 31.6 Å². The number of carbonyl (C=O) groups excluding carboxylic acids is 2. The van der Waals surface area contributed by atoms with Gasteiger partial charge in [-0.25, -0.2) is 8.42 Å². The average molecular weight is 478 g/mol. The second-order valence-corrected chi connectivity index (χ2v) is 10.5. The van der Waals surface area contributed by atoms with E-state index >= 15 is 0 Å². The van der Waals surface area contributed by atoms with Gasteiger partial charge in [0.25, 0.3) is 15.9 Å². The van der Waals surface area contributed by atoms with Gasteiger partial charge < -0.3 is 10.2 Å². The molecule has 1 heterocycles. The number of sulfonamides is 1. The van der Waals surface area contributed by atoms with Gasteiger partial charge in [-0.05, 0) is 61.2 Å². The molecule has 2 N–H and O–H groups in total. The van der Waals surface area contributed by atoms with Crippen LogP contribution in [-0.4, -0.2) is 44.8 Å². The molecular weight excluding hydrogens is 450 g/mol. The first kappa shape index (κ1) is 24.1. The number of anilines is 1. The lowest BCUT2D eigenvalue weighted by molar-refractivity contribution is -0.126. The number of amides is 2. The van der Waals surface area contributed by atoms with E-state index < -0.39 is 10.0 Å². The van der Waals surface area contributed by atoms with Gasteiger partial charge in [0.05, 0.1) is 10.8 Å². The number of nitrogens with zero attached hydrogens (tertiary/aromatic N) is 1. The van der Waals surface area contributed by atoms with Crippen LogP contribution in [0.15, 0.2) is 53.4 Å². The Morgan fingerprint density at radius 3 is 2.56 bits per heavy atom. The van der Waals surface area contributed by atoms with Crippen molar-refractivity contribution in [1.82, 2.24) is 10.2 Å². The van der Waals surface area contributed by atoms with Crippen molar-refractivity contribution in [1.29, 1.82) is 0 Å². The molecule has 1 fully saturated rings. The number of rotatable bonds is 7. The first-order chi connectivity index (χ1) is 15.2. The molecule has 2 aromatic carbocycles. The lowest BCUT2D eigenvalue weighted by Crippen LogP contribution is -2.46. The van der Waals surface area contributed by atoms with Crippen LogP contribution < -0.4 is 10.0 Å². The summed E-state index contributed by atoms with van der Waals surface area (Å²) >= 11 is 5.83. The average Bonchev–Trinajstić information content (AvgIpc) is 2.77. The molecule has 172 valence electrons. The summed E-state index contributed by atoms with van der Waals surface area (Å²) in [6.07, 6.45) is 1.49. The molecule has 0 spiro atoms. The van der Waals surface area contributed by atoms with E-state index in [2.05, 4.69) is 10.0 Å². The molecule has 9 heteroatoms. The summed E-state index contributed by atoms with van der Waals surface area (Å²) in [6, 6.07) is 12.2. The lowest BCUT2D eigenvalue weighted by Gasteiger charge is -2.32. The van der Waals surface area contributed by atoms with Gasteiger partial charge in [0.2, 0.25) is 5.91 Å². The van der Waals surface area contributed by atoms with Crippen LogP contribution in [0.2, 0.25) is 5.02 Å². The Morgan fingerprint density at radius 1 is 1.16 bits per heavy atom. The minimum atomic E-state index is -3.82. The maximum atomic E-state index is 13.1. The molecule has 1 saturated heterocycles. The molecule has 2 amide bonds. The zero-order valence-electron chi connectivity index (χ0n) is 18.2. The van der Waals surface area contributed by atoms with Crippen LogP contribution in [0.4, 0.5) is 5.69 Å². The highest BCUT2D eigenvalue weighted by Gasteiger charge is 2.29. The molecule has 0 aromatic heterocycles. The van der Waals surface area contributed by atoms with E-state index in [4.69, 9.17) is 11.6 Å². The number of carbonyl (C=O) groups is 2. The molecule has 0 unspecified atom stereocenters. The third kappa shape index (κ3) is 6.23. The topological polar surface area (TPSA) is 95.6 Å². The largest absolute Gasteiger partial charge is 0.356 e. The summed E-state index contributed by atoms with van der Waals surface area (Å²) in [4.78, 5) is 27.2. The van der Waals surface area contributed by atoms with Crippen molar-refractivity contribution in [3.63, 3.8) is 0 Å². The summed E-state index contributed by atoms with van der Waals surface area (Å²) in [5.41, 5.74) is 0.651. The predicted octanol–water partition coefficient (Wildman–Crippen LogP) is 3.77. The Bertz CT molecular complexity index is 1070. The van der Waals surface area contributed by atoms with Crippen LogP contribution in [0, 0.1) is 11.8 Å². The van der Waals surface area contributed by atoms with Crippen LogP contribution in [0.25, 0.3) is 0 Å². The summed E-state index contributed by atoms with van der Waals surface area (Å²) in [6.45, 7) is 5.59. The monoisotopic (exact) mass is 477 g/mol. The fourth-order valence-electron chi connectivity index (χ4n) is 3.55. The van der Waals surface area contributed by atoms with Crippen molar-refractivity contribution in [2.24, 2.45) is 11.8 Å². The maximum absolute atomic E-state index is 13.1. The highest BCUT2D eigenvalue weighted by Crippen LogP contribution is 2.22. The number of likely N-dealkylation sites (tertiary alicyclic amines) is 1. The van der Waals surface area contributed by atoms with E-state index in [1.54, 1.807) is 23.1 Å². The number of hydrogen-bond acceptors (Lipinski definition) is 4. The minimum absolute atomic E-state index is 0.0272. The zero-order chi connectivity index (χ0) is 23.3. The second-order valence-electron chi connectivity index (χ2n) is 8.37. The number of hydrogen-bond donors (Lipinski definition) is 2. The lowest BCUT2D eigenvalue weighted by atomic mass is 9.96. The van der Waals surface area contributed by atoms with E-state index in [0.29, 0.717) is 36.1 Å². The quantitative estimate of drug-likeness (QED) is 0.634. The SMILES string of the molecule is CC(C)CNC(=O)[C@@H]1CCCN(C(=O)c2cccc(NS(=O)(=O)c3ccc(Cl)cc3)c2)C1. The van der Waals surface area contributed by atoms with Gasteiger partial charge >= 0.3 is 0 Å². The van der Waals surface area contributed by atoms with Crippen molar-refractivity contribution in [2.75, 3.05) is 24.4 Å². The third-order valence-corrected chi connectivity index (χ3v) is 6.90. The van der Waals surface area contributed by atoms with E-state index in [1.165, 1.54) is 30.3 Å². The molecule has 1 atom stereocenters. The fraction of sp³-hybridized carbons (Fsp3) is 0.391. The smallest absolute Gasteiger partial charge is 0.261 e. The van der Waals surface area contributed by atoms with Crippen LogP contribution in [0.1, 0.15) is 37.0 Å². The Hall–Kier alpha value is -2.58. The molecule has 1 aliphatic heterocycles. The van der Waals surface area contributed by atoms with Crippen molar-refractivity contribution >= 4 is 39.1 Å². The van der Waals surface area contributed by atoms with Crippen molar-refractivity contribution in [3.05, 3.63) is 59.1 Å². The molecule has 0 saturated carbocycles. The molecule has 2 aromatic rings. The normalized spacial score (nSPS) is 16.6. The van der Waals surface area contributed by atoms with Crippen molar-refractivity contribution < 1.29 is 18.0 Å². The van der Waals surface area contributed by atoms with Gasteiger partial charge in [0, 0.05) is 35.9 Å². The van der Waals surface area contributed by atoms with Crippen LogP contribution >= 0.6 is 11.6 Å². The number of benzene rings is 2. The standard InChI is InChI=1S/C23H28ClN3O4S/c1-16(2)14-25-22(28)18-6-4-12-27(15-18)23(29)17-5-3-7-20(13-17)26-32(30,31)21-10-8-19(24)9-11-21/h3,5,7-11,13,16,18,26H,4,6,12,14-15H2,1-2H3,(H,25,28)/t18-/m1/s1. The van der Waals surface area contributed by atoms with Gasteiger partial charge in [0.1, 0.15) is 0 Å². The van der Waals surface area contributed by atoms with E-state index in [-0.39, 0.29) is 28.3 Å². The maximum Gasteiger partial charge on any atom is 0.261 e. The molecular formula is C23H28ClN3O4S. The van der Waals surface area contributed by atoms with Gasteiger partial charge in [-0.2, -0.15) is 0 Å². The summed E-state index contributed by atoms with van der Waals surface area (Å²) < 4.78 is 27.8. The van der Waals surface area contributed by atoms with Crippen LogP contribution in [0.5, 0.6) is 0 Å². The third-order valence-electron chi connectivity index (χ3n) is 5.25. The van der Waals surface area contributed by atoms with Gasteiger partial charge in [-0.3, -0.25) is 14.3 Å². The van der Waals surface area contributed by atoms with E-state index in [0.717, 1.165) is 12.8 Å². The van der Waals surface area contributed by atoms with Crippen LogP contribution in [0.3, 0.4) is 0 Å². The predicted molar refractivity (Wildman–Crippen MR) is 125 cm³/mol. The molecule has 3 rings (SSSR count). The molecule has 1 aliphatic rings. The number of piperidine rings is 1. The number of nitrogens with one attached hydrogen (secondary N) is 2. The van der Waals surface area contributed by atoms with E-state index in [1.807, 2.05) is 13.8 Å². The molecule has 7 nitrogen and oxygen atoms in total. The van der Waals surface area contributed by atoms with E-state index in [9.17, 15) is 18.0 Å². The number of halogens is 1. The Morgan fingerprint density at radius 2 is 1.88 bits per heavy atom. The highest BCUT2D eigenvalue weighted by molar-refractivity contribution is 7.92. The van der Waals surface area contributed by atoms with Crippen molar-refractivity contribution in [3.8, 4) is 0 Å². The van der Waals surface area contributed by atoms with Gasteiger partial charge in [0.15, 0.2) is 0 Å². The first-order valence-electron chi connectivity index (χ1n) is 10.6. The Labute approximate surface area is 194 Å². The summed E-state index contributed by atoms with van der Waals surface area (Å²) in [5.74, 6) is -0.128. The molecule has 0 aliphatic carbocycles. The zero-order valence-corrected chi connectivity index (χ0v) is 19.7. The van der Waals surface area contributed by atoms with Crippen LogP contribution in [-0.2, 0) is 14.8 Å². The summed E-state index contributed by atoms with van der Waals surface area (Å²) in [7, 11) is -3.82. The fourth-order valence-corrected chi connectivity index (χ4v) is 4.73. The molecule has 0 bridgehead atoms. The Balaban J connectivity index is 1.69. The first-order valence-corrected chi connectivity index (χ1v) is 12.5. The van der Waals surface area contributed by atoms with Gasteiger partial charge in [-0.1, -0.05) is 31.5 Å². The second kappa shape index (κ2) is 10.4.